The van der Waals surface area contributed by atoms with E-state index in [0.717, 1.165) is 5.56 Å². The van der Waals surface area contributed by atoms with E-state index < -0.39 is 18.6 Å². The van der Waals surface area contributed by atoms with E-state index in [0.29, 0.717) is 17.7 Å². The van der Waals surface area contributed by atoms with Crippen molar-refractivity contribution in [2.45, 2.75) is 39.7 Å². The molecule has 7 nitrogen and oxygen atoms in total. The molecule has 3 N–H and O–H groups in total. The summed E-state index contributed by atoms with van der Waals surface area (Å²) in [4.78, 5) is 26.1. The maximum atomic E-state index is 13.3. The van der Waals surface area contributed by atoms with Gasteiger partial charge in [-0.15, -0.1) is 0 Å². The summed E-state index contributed by atoms with van der Waals surface area (Å²) in [7, 11) is -0.0562. The number of amides is 2. The number of ether oxygens (including phenoxy) is 1. The Kier molecular flexibility index (Phi) is 7.05. The standard InChI is InChI=1S/C21H27BN2O5/c1-6-16-17(8-7-9-18(16)29-5)20(26)24(21(2,3)4)23-19(25)14-10-12-15(13-11-14)22(27)28/h7-13,27-28H,6H2,1-5H3,(H,23,25). The fourth-order valence-corrected chi connectivity index (χ4v) is 2.94. The molecule has 0 radical (unpaired) electrons. The molecule has 0 spiro atoms. The Hall–Kier alpha value is -2.84. The van der Waals surface area contributed by atoms with Crippen LogP contribution in [-0.2, 0) is 6.42 Å². The minimum absolute atomic E-state index is 0.272. The fourth-order valence-electron chi connectivity index (χ4n) is 2.94. The average Bonchev–Trinajstić information content (AvgIpc) is 2.69. The number of hydrogen-bond donors (Lipinski definition) is 3. The van der Waals surface area contributed by atoms with Gasteiger partial charge in [0.05, 0.1) is 12.6 Å². The zero-order valence-corrected chi connectivity index (χ0v) is 17.4. The monoisotopic (exact) mass is 398 g/mol. The van der Waals surface area contributed by atoms with Crippen LogP contribution in [-0.4, -0.2) is 46.6 Å². The summed E-state index contributed by atoms with van der Waals surface area (Å²) >= 11 is 0. The highest BCUT2D eigenvalue weighted by Gasteiger charge is 2.31. The molecule has 0 saturated heterocycles. The van der Waals surface area contributed by atoms with Gasteiger partial charge in [-0.25, -0.2) is 5.01 Å². The van der Waals surface area contributed by atoms with Gasteiger partial charge in [0.15, 0.2) is 0 Å². The lowest BCUT2D eigenvalue weighted by atomic mass is 9.80. The van der Waals surface area contributed by atoms with E-state index in [1.54, 1.807) is 25.3 Å². The second-order valence-corrected chi connectivity index (χ2v) is 7.59. The van der Waals surface area contributed by atoms with Gasteiger partial charge < -0.3 is 14.8 Å². The topological polar surface area (TPSA) is 99.1 Å². The van der Waals surface area contributed by atoms with Crippen LogP contribution in [0.2, 0.25) is 0 Å². The molecule has 8 heteroatoms. The lowest BCUT2D eigenvalue weighted by Gasteiger charge is -2.36. The zero-order chi connectivity index (χ0) is 21.8. The van der Waals surface area contributed by atoms with Gasteiger partial charge in [-0.2, -0.15) is 0 Å². The van der Waals surface area contributed by atoms with E-state index in [-0.39, 0.29) is 16.9 Å². The minimum atomic E-state index is -1.61. The highest BCUT2D eigenvalue weighted by molar-refractivity contribution is 6.58. The number of nitrogens with one attached hydrogen (secondary N) is 1. The van der Waals surface area contributed by atoms with Crippen LogP contribution in [0.15, 0.2) is 42.5 Å². The molecular formula is C21H27BN2O5. The number of methoxy groups -OCH3 is 1. The van der Waals surface area contributed by atoms with Gasteiger partial charge >= 0.3 is 7.12 Å². The molecule has 0 saturated carbocycles. The molecule has 29 heavy (non-hydrogen) atoms. The molecule has 154 valence electrons. The van der Waals surface area contributed by atoms with Crippen LogP contribution in [0.1, 0.15) is 54.0 Å². The second-order valence-electron chi connectivity index (χ2n) is 7.59. The summed E-state index contributed by atoms with van der Waals surface area (Å²) in [5, 5.41) is 19.7. The number of rotatable bonds is 5. The van der Waals surface area contributed by atoms with Crippen molar-refractivity contribution in [3.63, 3.8) is 0 Å². The summed E-state index contributed by atoms with van der Waals surface area (Å²) in [5.74, 6) is -0.200. The van der Waals surface area contributed by atoms with E-state index in [1.807, 2.05) is 27.7 Å². The summed E-state index contributed by atoms with van der Waals surface area (Å²) < 4.78 is 5.37. The van der Waals surface area contributed by atoms with E-state index in [2.05, 4.69) is 5.43 Å². The van der Waals surface area contributed by atoms with Crippen molar-refractivity contribution in [1.29, 1.82) is 0 Å². The second kappa shape index (κ2) is 9.11. The molecule has 0 aliphatic rings. The molecule has 0 aliphatic heterocycles. The van der Waals surface area contributed by atoms with Crippen molar-refractivity contribution in [2.75, 3.05) is 7.11 Å². The van der Waals surface area contributed by atoms with Gasteiger partial charge in [0.1, 0.15) is 5.75 Å². The van der Waals surface area contributed by atoms with Gasteiger partial charge in [0, 0.05) is 16.7 Å². The van der Waals surface area contributed by atoms with Crippen LogP contribution in [0.4, 0.5) is 0 Å². The Morgan fingerprint density at radius 3 is 2.21 bits per heavy atom. The predicted molar refractivity (Wildman–Crippen MR) is 112 cm³/mol. The third kappa shape index (κ3) is 5.16. The van der Waals surface area contributed by atoms with Gasteiger partial charge in [-0.05, 0) is 56.9 Å². The number of benzene rings is 2. The molecule has 2 aromatic carbocycles. The predicted octanol–water partition coefficient (Wildman–Crippen LogP) is 1.52. The number of nitrogens with zero attached hydrogens (tertiary/aromatic N) is 1. The Balaban J connectivity index is 2.35. The van der Waals surface area contributed by atoms with Crippen molar-refractivity contribution < 1.29 is 24.4 Å². The third-order valence-corrected chi connectivity index (χ3v) is 4.50. The van der Waals surface area contributed by atoms with Crippen molar-refractivity contribution >= 4 is 24.4 Å². The molecule has 2 aromatic rings. The highest BCUT2D eigenvalue weighted by Crippen LogP contribution is 2.25. The molecule has 0 fully saturated rings. The van der Waals surface area contributed by atoms with E-state index in [1.165, 1.54) is 29.3 Å². The summed E-state index contributed by atoms with van der Waals surface area (Å²) in [6.45, 7) is 7.40. The molecule has 0 heterocycles. The summed E-state index contributed by atoms with van der Waals surface area (Å²) in [6, 6.07) is 11.1. The van der Waals surface area contributed by atoms with Crippen molar-refractivity contribution in [3.8, 4) is 5.75 Å². The quantitative estimate of drug-likeness (QED) is 0.524. The minimum Gasteiger partial charge on any atom is -0.496 e. The first kappa shape index (κ1) is 22.5. The first-order chi connectivity index (χ1) is 13.6. The third-order valence-electron chi connectivity index (χ3n) is 4.50. The number of hydrogen-bond acceptors (Lipinski definition) is 5. The Morgan fingerprint density at radius 2 is 1.72 bits per heavy atom. The molecule has 2 rings (SSSR count). The number of carbonyl (C=O) groups is 2. The molecule has 0 bridgehead atoms. The number of hydrazine groups is 1. The SMILES string of the molecule is CCc1c(OC)cccc1C(=O)N(NC(=O)c1ccc(B(O)O)cc1)C(C)(C)C. The highest BCUT2D eigenvalue weighted by atomic mass is 16.5. The first-order valence-corrected chi connectivity index (χ1v) is 9.37. The van der Waals surface area contributed by atoms with Crippen LogP contribution in [0, 0.1) is 0 Å². The van der Waals surface area contributed by atoms with Crippen LogP contribution in [0.5, 0.6) is 5.75 Å². The Labute approximate surface area is 171 Å². The lowest BCUT2D eigenvalue weighted by Crippen LogP contribution is -2.56. The normalized spacial score (nSPS) is 11.0. The Morgan fingerprint density at radius 1 is 1.10 bits per heavy atom. The Bertz CT molecular complexity index is 876. The van der Waals surface area contributed by atoms with E-state index in [4.69, 9.17) is 4.74 Å². The average molecular weight is 398 g/mol. The number of carbonyl (C=O) groups excluding carboxylic acids is 2. The zero-order valence-electron chi connectivity index (χ0n) is 17.4. The van der Waals surface area contributed by atoms with Crippen molar-refractivity contribution in [3.05, 3.63) is 59.2 Å². The van der Waals surface area contributed by atoms with E-state index in [9.17, 15) is 19.6 Å². The molecule has 0 aliphatic carbocycles. The molecule has 0 unspecified atom stereocenters. The van der Waals surface area contributed by atoms with Gasteiger partial charge in [-0.3, -0.25) is 15.0 Å². The van der Waals surface area contributed by atoms with Crippen molar-refractivity contribution in [2.24, 2.45) is 0 Å². The maximum absolute atomic E-state index is 13.3. The molecule has 2 amide bonds. The largest absolute Gasteiger partial charge is 0.496 e. The summed E-state index contributed by atoms with van der Waals surface area (Å²) in [5.41, 5.74) is 3.79. The molecule has 0 atom stereocenters. The van der Waals surface area contributed by atoms with Crippen LogP contribution >= 0.6 is 0 Å². The van der Waals surface area contributed by atoms with Crippen LogP contribution < -0.4 is 15.6 Å². The maximum Gasteiger partial charge on any atom is 0.488 e. The molecule has 0 aromatic heterocycles. The van der Waals surface area contributed by atoms with Gasteiger partial charge in [0.25, 0.3) is 11.8 Å². The fraction of sp³-hybridized carbons (Fsp3) is 0.333. The first-order valence-electron chi connectivity index (χ1n) is 9.37. The van der Waals surface area contributed by atoms with Crippen molar-refractivity contribution in [1.82, 2.24) is 10.4 Å². The van der Waals surface area contributed by atoms with Crippen LogP contribution in [0.25, 0.3) is 0 Å². The molecular weight excluding hydrogens is 371 g/mol. The van der Waals surface area contributed by atoms with E-state index >= 15 is 0 Å². The summed E-state index contributed by atoms with van der Waals surface area (Å²) in [6.07, 6.45) is 0.599. The smallest absolute Gasteiger partial charge is 0.488 e. The van der Waals surface area contributed by atoms with Crippen LogP contribution in [0.3, 0.4) is 0 Å². The lowest BCUT2D eigenvalue weighted by molar-refractivity contribution is 0.0357. The van der Waals surface area contributed by atoms with Gasteiger partial charge in [0.2, 0.25) is 0 Å². The van der Waals surface area contributed by atoms with Gasteiger partial charge in [-0.1, -0.05) is 25.1 Å².